The number of hydrogen-bond donors (Lipinski definition) is 1. The van der Waals surface area contributed by atoms with Crippen molar-refractivity contribution < 1.29 is 19.4 Å². The fourth-order valence-electron chi connectivity index (χ4n) is 1.45. The van der Waals surface area contributed by atoms with Crippen LogP contribution in [0.2, 0.25) is 0 Å². The Hall–Kier alpha value is -0.610. The topological polar surface area (TPSA) is 63.6 Å². The predicted molar refractivity (Wildman–Crippen MR) is 61.3 cm³/mol. The van der Waals surface area contributed by atoms with Gasteiger partial charge in [0, 0.05) is 5.92 Å². The van der Waals surface area contributed by atoms with E-state index in [2.05, 4.69) is 4.74 Å². The minimum absolute atomic E-state index is 0.0796. The number of aliphatic hydroxyl groups excluding tert-OH is 1. The highest BCUT2D eigenvalue weighted by Crippen LogP contribution is 2.25. The number of ether oxygens (including phenoxy) is 1. The molecule has 0 rings (SSSR count). The number of hydrogen-bond acceptors (Lipinski definition) is 4. The molecular weight excluding hydrogens is 232 g/mol. The zero-order valence-corrected chi connectivity index (χ0v) is 11.0. The normalized spacial score (nSPS) is 18.8. The highest BCUT2D eigenvalue weighted by molar-refractivity contribution is 6.45. The summed E-state index contributed by atoms with van der Waals surface area (Å²) in [5.74, 6) is -2.12. The molecule has 3 atom stereocenters. The standard InChI is InChI=1S/C11H19ClO4/c1-6(2)8(13)7(3)9(14)11(4,12)10(15)16-5/h6-8,13H,1-5H3/t7?,8-,11-/m1/s1. The maximum atomic E-state index is 11.9. The second-order valence-corrected chi connectivity index (χ2v) is 5.14. The van der Waals surface area contributed by atoms with Gasteiger partial charge in [-0.15, -0.1) is 0 Å². The number of aliphatic hydroxyl groups is 1. The molecule has 0 aromatic carbocycles. The van der Waals surface area contributed by atoms with Crippen LogP contribution < -0.4 is 0 Å². The summed E-state index contributed by atoms with van der Waals surface area (Å²) in [6, 6.07) is 0. The summed E-state index contributed by atoms with van der Waals surface area (Å²) in [6.45, 7) is 6.42. The van der Waals surface area contributed by atoms with E-state index in [-0.39, 0.29) is 5.92 Å². The first-order valence-corrected chi connectivity index (χ1v) is 5.53. The summed E-state index contributed by atoms with van der Waals surface area (Å²) < 4.78 is 4.45. The molecular formula is C11H19ClO4. The summed E-state index contributed by atoms with van der Waals surface area (Å²) >= 11 is 5.85. The lowest BCUT2D eigenvalue weighted by atomic mass is 9.86. The van der Waals surface area contributed by atoms with E-state index in [0.29, 0.717) is 0 Å². The molecule has 0 aliphatic heterocycles. The summed E-state index contributed by atoms with van der Waals surface area (Å²) in [5.41, 5.74) is 0. The van der Waals surface area contributed by atoms with Crippen LogP contribution in [0.5, 0.6) is 0 Å². The molecule has 0 radical (unpaired) electrons. The molecule has 1 N–H and O–H groups in total. The van der Waals surface area contributed by atoms with E-state index < -0.39 is 28.6 Å². The second kappa shape index (κ2) is 5.64. The fourth-order valence-corrected chi connectivity index (χ4v) is 1.70. The average molecular weight is 251 g/mol. The molecule has 0 fully saturated rings. The van der Waals surface area contributed by atoms with Gasteiger partial charge in [-0.3, -0.25) is 4.79 Å². The molecule has 0 saturated carbocycles. The monoisotopic (exact) mass is 250 g/mol. The largest absolute Gasteiger partial charge is 0.467 e. The molecule has 1 unspecified atom stereocenters. The number of carbonyl (C=O) groups is 2. The maximum Gasteiger partial charge on any atom is 0.334 e. The van der Waals surface area contributed by atoms with Gasteiger partial charge in [0.15, 0.2) is 10.7 Å². The smallest absolute Gasteiger partial charge is 0.334 e. The molecule has 0 aliphatic rings. The van der Waals surface area contributed by atoms with E-state index in [9.17, 15) is 14.7 Å². The molecule has 5 heteroatoms. The fraction of sp³-hybridized carbons (Fsp3) is 0.818. The highest BCUT2D eigenvalue weighted by Gasteiger charge is 2.44. The number of halogens is 1. The van der Waals surface area contributed by atoms with Crippen LogP contribution in [0, 0.1) is 11.8 Å². The van der Waals surface area contributed by atoms with Crippen LogP contribution in [0.3, 0.4) is 0 Å². The summed E-state index contributed by atoms with van der Waals surface area (Å²) in [6.07, 6.45) is -0.824. The molecule has 4 nitrogen and oxygen atoms in total. The molecule has 0 bridgehead atoms. The number of ketones is 1. The van der Waals surface area contributed by atoms with Crippen molar-refractivity contribution in [1.29, 1.82) is 0 Å². The number of rotatable bonds is 5. The van der Waals surface area contributed by atoms with E-state index in [1.165, 1.54) is 14.0 Å². The van der Waals surface area contributed by atoms with Gasteiger partial charge in [-0.1, -0.05) is 32.4 Å². The first-order valence-electron chi connectivity index (χ1n) is 5.16. The van der Waals surface area contributed by atoms with Crippen molar-refractivity contribution in [3.05, 3.63) is 0 Å². The van der Waals surface area contributed by atoms with Crippen LogP contribution in [0.15, 0.2) is 0 Å². The molecule has 16 heavy (non-hydrogen) atoms. The third kappa shape index (κ3) is 3.19. The van der Waals surface area contributed by atoms with E-state index >= 15 is 0 Å². The van der Waals surface area contributed by atoms with Crippen molar-refractivity contribution in [2.24, 2.45) is 11.8 Å². The molecule has 0 heterocycles. The Kier molecular flexibility index (Phi) is 5.42. The van der Waals surface area contributed by atoms with Crippen LogP contribution in [0.25, 0.3) is 0 Å². The minimum Gasteiger partial charge on any atom is -0.467 e. The third-order valence-electron chi connectivity index (χ3n) is 2.64. The van der Waals surface area contributed by atoms with Crippen LogP contribution in [-0.2, 0) is 14.3 Å². The molecule has 0 aromatic heterocycles. The van der Waals surface area contributed by atoms with Gasteiger partial charge in [-0.05, 0) is 12.8 Å². The lowest BCUT2D eigenvalue weighted by Gasteiger charge is -2.26. The van der Waals surface area contributed by atoms with E-state index in [1.54, 1.807) is 20.8 Å². The minimum atomic E-state index is -1.73. The molecule has 0 aliphatic carbocycles. The van der Waals surface area contributed by atoms with Gasteiger partial charge in [0.05, 0.1) is 13.2 Å². The Labute approximate surface area is 101 Å². The number of methoxy groups -OCH3 is 1. The van der Waals surface area contributed by atoms with Crippen molar-refractivity contribution in [3.63, 3.8) is 0 Å². The van der Waals surface area contributed by atoms with Crippen molar-refractivity contribution >= 4 is 23.4 Å². The zero-order valence-electron chi connectivity index (χ0n) is 10.3. The second-order valence-electron chi connectivity index (χ2n) is 4.38. The van der Waals surface area contributed by atoms with Gasteiger partial charge in [0.25, 0.3) is 0 Å². The first kappa shape index (κ1) is 15.4. The van der Waals surface area contributed by atoms with Crippen LogP contribution >= 0.6 is 11.6 Å². The van der Waals surface area contributed by atoms with Crippen molar-refractivity contribution in [2.75, 3.05) is 7.11 Å². The lowest BCUT2D eigenvalue weighted by Crippen LogP contribution is -2.46. The Morgan fingerprint density at radius 1 is 1.31 bits per heavy atom. The van der Waals surface area contributed by atoms with Gasteiger partial charge >= 0.3 is 5.97 Å². The van der Waals surface area contributed by atoms with Crippen LogP contribution in [0.1, 0.15) is 27.7 Å². The van der Waals surface area contributed by atoms with Gasteiger partial charge in [0.1, 0.15) is 0 Å². The Morgan fingerprint density at radius 3 is 2.06 bits per heavy atom. The summed E-state index contributed by atoms with van der Waals surface area (Å²) in [7, 11) is 1.17. The lowest BCUT2D eigenvalue weighted by molar-refractivity contribution is -0.148. The maximum absolute atomic E-state index is 11.9. The Bertz CT molecular complexity index is 273. The first-order chi connectivity index (χ1) is 7.16. The number of Topliss-reactive ketones (excluding diaryl/α,β-unsaturated/α-hetero) is 1. The molecule has 0 spiro atoms. The van der Waals surface area contributed by atoms with E-state index in [1.807, 2.05) is 0 Å². The summed E-state index contributed by atoms with van der Waals surface area (Å²) in [5, 5.41) is 9.75. The van der Waals surface area contributed by atoms with Gasteiger partial charge in [0.2, 0.25) is 0 Å². The average Bonchev–Trinajstić information content (AvgIpc) is 2.24. The molecule has 0 amide bonds. The van der Waals surface area contributed by atoms with Crippen LogP contribution in [0.4, 0.5) is 0 Å². The Balaban J connectivity index is 4.86. The van der Waals surface area contributed by atoms with Crippen LogP contribution in [-0.4, -0.2) is 34.9 Å². The van der Waals surface area contributed by atoms with Gasteiger partial charge < -0.3 is 9.84 Å². The Morgan fingerprint density at radius 2 is 1.75 bits per heavy atom. The van der Waals surface area contributed by atoms with Crippen molar-refractivity contribution in [3.8, 4) is 0 Å². The zero-order chi connectivity index (χ0) is 13.1. The van der Waals surface area contributed by atoms with E-state index in [0.717, 1.165) is 0 Å². The molecule has 0 aromatic rings. The number of alkyl halides is 1. The molecule has 94 valence electrons. The van der Waals surface area contributed by atoms with Gasteiger partial charge in [-0.25, -0.2) is 4.79 Å². The van der Waals surface area contributed by atoms with E-state index in [4.69, 9.17) is 11.6 Å². The number of esters is 1. The van der Waals surface area contributed by atoms with Gasteiger partial charge in [-0.2, -0.15) is 0 Å². The quantitative estimate of drug-likeness (QED) is 0.455. The predicted octanol–water partition coefficient (Wildman–Crippen LogP) is 1.38. The SMILES string of the molecule is COC(=O)[C@](C)(Cl)C(=O)C(C)[C@H](O)C(C)C. The third-order valence-corrected chi connectivity index (χ3v) is 2.98. The van der Waals surface area contributed by atoms with Crippen molar-refractivity contribution in [2.45, 2.75) is 38.7 Å². The number of carbonyl (C=O) groups excluding carboxylic acids is 2. The highest BCUT2D eigenvalue weighted by atomic mass is 35.5. The molecule has 0 saturated heterocycles. The van der Waals surface area contributed by atoms with Crippen molar-refractivity contribution in [1.82, 2.24) is 0 Å². The summed E-state index contributed by atoms with van der Waals surface area (Å²) in [4.78, 5) is 21.5.